The van der Waals surface area contributed by atoms with Crippen LogP contribution in [0.3, 0.4) is 0 Å². The number of nitrogens with one attached hydrogen (secondary N) is 1. The highest BCUT2D eigenvalue weighted by Crippen LogP contribution is 2.25. The van der Waals surface area contributed by atoms with E-state index in [1.54, 1.807) is 11.1 Å². The minimum absolute atomic E-state index is 0.0109. The molecule has 0 spiro atoms. The van der Waals surface area contributed by atoms with E-state index < -0.39 is 0 Å². The first kappa shape index (κ1) is 15.3. The molecule has 3 N–H and O–H groups in total. The van der Waals surface area contributed by atoms with Crippen molar-refractivity contribution in [1.82, 2.24) is 9.88 Å². The number of nitrogens with two attached hydrogens (primary N) is 1. The van der Waals surface area contributed by atoms with Gasteiger partial charge in [0.25, 0.3) is 5.91 Å². The van der Waals surface area contributed by atoms with Crippen molar-refractivity contribution in [3.05, 3.63) is 36.0 Å². The van der Waals surface area contributed by atoms with Crippen LogP contribution in [0.1, 0.15) is 37.0 Å². The summed E-state index contributed by atoms with van der Waals surface area (Å²) in [7, 11) is 1.84. The van der Waals surface area contributed by atoms with Crippen LogP contribution in [0.5, 0.6) is 0 Å². The van der Waals surface area contributed by atoms with Crippen LogP contribution in [0, 0.1) is 0 Å². The fourth-order valence-corrected chi connectivity index (χ4v) is 2.48. The minimum Gasteiger partial charge on any atom is -0.339 e. The number of aromatic nitrogens is 1. The highest BCUT2D eigenvalue weighted by molar-refractivity contribution is 6.09. The molecule has 1 aromatic carbocycles. The molecule has 2 rings (SSSR count). The number of nitrogens with zero attached hydrogens (tertiary/aromatic N) is 2. The Kier molecular flexibility index (Phi) is 4.75. The number of carbonyl (C=O) groups excluding carboxylic acids is 1. The summed E-state index contributed by atoms with van der Waals surface area (Å²) in [5, 5.41) is 1.71. The number of carbonyl (C=O) groups is 1. The molecular formula is C16H22N4O. The third-order valence-corrected chi connectivity index (χ3v) is 3.85. The van der Waals surface area contributed by atoms with Crippen LogP contribution in [-0.4, -0.2) is 28.9 Å². The van der Waals surface area contributed by atoms with Crippen molar-refractivity contribution in [2.75, 3.05) is 12.5 Å². The summed E-state index contributed by atoms with van der Waals surface area (Å²) < 4.78 is 0. The van der Waals surface area contributed by atoms with Crippen LogP contribution in [0.15, 0.2) is 30.5 Å². The maximum absolute atomic E-state index is 12.7. The molecule has 0 bridgehead atoms. The van der Waals surface area contributed by atoms with E-state index in [1.807, 2.05) is 31.3 Å². The number of hydrazine groups is 1. The number of pyridine rings is 1. The molecule has 0 fully saturated rings. The van der Waals surface area contributed by atoms with Gasteiger partial charge >= 0.3 is 0 Å². The Bertz CT molecular complexity index is 641. The van der Waals surface area contributed by atoms with Crippen molar-refractivity contribution < 1.29 is 4.79 Å². The highest BCUT2D eigenvalue weighted by atomic mass is 16.2. The van der Waals surface area contributed by atoms with Crippen LogP contribution in [0.2, 0.25) is 0 Å². The lowest BCUT2D eigenvalue weighted by Gasteiger charge is -2.25. The van der Waals surface area contributed by atoms with Gasteiger partial charge in [-0.15, -0.1) is 0 Å². The quantitative estimate of drug-likeness (QED) is 0.655. The first-order valence-corrected chi connectivity index (χ1v) is 7.21. The molecule has 0 aliphatic carbocycles. The summed E-state index contributed by atoms with van der Waals surface area (Å²) in [5.74, 6) is 6.05. The van der Waals surface area contributed by atoms with E-state index in [1.165, 1.54) is 0 Å². The molecule has 0 saturated heterocycles. The van der Waals surface area contributed by atoms with E-state index >= 15 is 0 Å². The predicted molar refractivity (Wildman–Crippen MR) is 86.0 cm³/mol. The molecule has 1 unspecified atom stereocenters. The molecule has 0 aliphatic heterocycles. The number of anilines is 1. The van der Waals surface area contributed by atoms with Crippen molar-refractivity contribution in [1.29, 1.82) is 0 Å². The summed E-state index contributed by atoms with van der Waals surface area (Å²) in [6.07, 6.45) is 3.62. The van der Waals surface area contributed by atoms with Gasteiger partial charge in [-0.05, 0) is 18.7 Å². The zero-order valence-corrected chi connectivity index (χ0v) is 12.8. The lowest BCUT2D eigenvalue weighted by Crippen LogP contribution is -2.35. The normalized spacial score (nSPS) is 12.2. The van der Waals surface area contributed by atoms with Crippen molar-refractivity contribution in [3.8, 4) is 0 Å². The van der Waals surface area contributed by atoms with E-state index in [2.05, 4.69) is 24.3 Å². The van der Waals surface area contributed by atoms with Crippen LogP contribution in [-0.2, 0) is 0 Å². The van der Waals surface area contributed by atoms with E-state index in [0.717, 1.165) is 23.6 Å². The van der Waals surface area contributed by atoms with Crippen LogP contribution >= 0.6 is 0 Å². The molecule has 112 valence electrons. The summed E-state index contributed by atoms with van der Waals surface area (Å²) >= 11 is 0. The Morgan fingerprint density at radius 3 is 2.67 bits per heavy atom. The molecule has 1 atom stereocenters. The van der Waals surface area contributed by atoms with Gasteiger partial charge < -0.3 is 10.3 Å². The number of nitrogen functional groups attached to an aromatic ring is 1. The molecule has 5 heteroatoms. The summed E-state index contributed by atoms with van der Waals surface area (Å²) in [6.45, 7) is 4.18. The summed E-state index contributed by atoms with van der Waals surface area (Å²) in [6, 6.07) is 7.85. The number of hydrogen-bond acceptors (Lipinski definition) is 4. The second-order valence-electron chi connectivity index (χ2n) is 5.26. The molecule has 0 saturated carbocycles. The first-order chi connectivity index (χ1) is 10.1. The lowest BCUT2D eigenvalue weighted by molar-refractivity contribution is 0.0738. The topological polar surface area (TPSA) is 71.2 Å². The van der Waals surface area contributed by atoms with Gasteiger partial charge in [0.2, 0.25) is 0 Å². The van der Waals surface area contributed by atoms with Gasteiger partial charge in [0.05, 0.1) is 5.56 Å². The fraction of sp³-hybridized carbons (Fsp3) is 0.375. The zero-order valence-electron chi connectivity index (χ0n) is 12.8. The van der Waals surface area contributed by atoms with Gasteiger partial charge in [0.1, 0.15) is 5.82 Å². The van der Waals surface area contributed by atoms with E-state index in [9.17, 15) is 4.79 Å². The SMILES string of the molecule is CCCC(C)N(C)C(=O)c1cnc(NN)c2ccccc12. The lowest BCUT2D eigenvalue weighted by atomic mass is 10.0. The van der Waals surface area contributed by atoms with E-state index in [4.69, 9.17) is 5.84 Å². The Morgan fingerprint density at radius 2 is 2.05 bits per heavy atom. The van der Waals surface area contributed by atoms with Crippen molar-refractivity contribution in [3.63, 3.8) is 0 Å². The third kappa shape index (κ3) is 2.97. The number of rotatable bonds is 5. The van der Waals surface area contributed by atoms with Crippen LogP contribution in [0.25, 0.3) is 10.8 Å². The van der Waals surface area contributed by atoms with Gasteiger partial charge in [0.15, 0.2) is 0 Å². The molecule has 0 radical (unpaired) electrons. The number of hydrogen-bond donors (Lipinski definition) is 2. The molecule has 21 heavy (non-hydrogen) atoms. The van der Waals surface area contributed by atoms with Gasteiger partial charge in [-0.1, -0.05) is 37.6 Å². The molecule has 5 nitrogen and oxygen atoms in total. The van der Waals surface area contributed by atoms with E-state index in [-0.39, 0.29) is 11.9 Å². The summed E-state index contributed by atoms with van der Waals surface area (Å²) in [4.78, 5) is 18.7. The predicted octanol–water partition coefficient (Wildman–Crippen LogP) is 2.78. The second kappa shape index (κ2) is 6.54. The Hall–Kier alpha value is -2.14. The smallest absolute Gasteiger partial charge is 0.256 e. The average Bonchev–Trinajstić information content (AvgIpc) is 2.52. The van der Waals surface area contributed by atoms with E-state index in [0.29, 0.717) is 11.4 Å². The molecule has 0 aliphatic rings. The molecule has 1 aromatic heterocycles. The van der Waals surface area contributed by atoms with Gasteiger partial charge in [-0.3, -0.25) is 4.79 Å². The fourth-order valence-electron chi connectivity index (χ4n) is 2.48. The monoisotopic (exact) mass is 286 g/mol. The van der Waals surface area contributed by atoms with Crippen LogP contribution < -0.4 is 11.3 Å². The van der Waals surface area contributed by atoms with Gasteiger partial charge in [0, 0.05) is 24.7 Å². The largest absolute Gasteiger partial charge is 0.339 e. The van der Waals surface area contributed by atoms with Gasteiger partial charge in [-0.2, -0.15) is 0 Å². The van der Waals surface area contributed by atoms with Crippen molar-refractivity contribution in [2.24, 2.45) is 5.84 Å². The minimum atomic E-state index is -0.0109. The highest BCUT2D eigenvalue weighted by Gasteiger charge is 2.20. The van der Waals surface area contributed by atoms with Crippen LogP contribution in [0.4, 0.5) is 5.82 Å². The molecule has 1 heterocycles. The zero-order chi connectivity index (χ0) is 15.4. The Balaban J connectivity index is 2.45. The van der Waals surface area contributed by atoms with Crippen molar-refractivity contribution >= 4 is 22.5 Å². The van der Waals surface area contributed by atoms with Crippen molar-refractivity contribution in [2.45, 2.75) is 32.7 Å². The average molecular weight is 286 g/mol. The second-order valence-corrected chi connectivity index (χ2v) is 5.26. The standard InChI is InChI=1S/C16H22N4O/c1-4-7-11(2)20(3)16(21)14-10-18-15(19-17)13-9-6-5-8-12(13)14/h5-6,8-11H,4,7,17H2,1-3H3,(H,18,19). The molecule has 1 amide bonds. The van der Waals surface area contributed by atoms with Gasteiger partial charge in [-0.25, -0.2) is 10.8 Å². The molecular weight excluding hydrogens is 264 g/mol. The third-order valence-electron chi connectivity index (χ3n) is 3.85. The molecule has 2 aromatic rings. The number of fused-ring (bicyclic) bond motifs is 1. The Morgan fingerprint density at radius 1 is 1.38 bits per heavy atom. The number of amides is 1. The Labute approximate surface area is 125 Å². The maximum atomic E-state index is 12.7. The number of benzene rings is 1. The first-order valence-electron chi connectivity index (χ1n) is 7.21. The maximum Gasteiger partial charge on any atom is 0.256 e. The summed E-state index contributed by atoms with van der Waals surface area (Å²) in [5.41, 5.74) is 3.18.